The Labute approximate surface area is 66.4 Å². The summed E-state index contributed by atoms with van der Waals surface area (Å²) in [5.74, 6) is 5.96. The lowest BCUT2D eigenvalue weighted by atomic mass is 10.3. The highest BCUT2D eigenvalue weighted by Crippen LogP contribution is 1.96. The average molecular weight is 149 g/mol. The highest BCUT2D eigenvalue weighted by atomic mass is 16.3. The fourth-order valence-electron chi connectivity index (χ4n) is 0.691. The summed E-state index contributed by atoms with van der Waals surface area (Å²) in [6.07, 6.45) is 5.08. The molecule has 2 nitrogen and oxygen atoms in total. The number of hydrogen-bond acceptors (Lipinski definition) is 2. The van der Waals surface area contributed by atoms with Gasteiger partial charge >= 0.3 is 0 Å². The second kappa shape index (κ2) is 4.59. The molecule has 0 aromatic carbocycles. The van der Waals surface area contributed by atoms with Gasteiger partial charge in [0.1, 0.15) is 6.26 Å². The molecule has 0 amide bonds. The van der Waals surface area contributed by atoms with E-state index in [4.69, 9.17) is 10.2 Å². The van der Waals surface area contributed by atoms with Crippen LogP contribution in [0.25, 0.3) is 0 Å². The van der Waals surface area contributed by atoms with E-state index in [0.717, 1.165) is 18.4 Å². The number of furan rings is 1. The Bertz CT molecular complexity index is 240. The van der Waals surface area contributed by atoms with Gasteiger partial charge in [0.25, 0.3) is 0 Å². The number of unbranched alkanes of at least 4 members (excludes halogenated alkanes) is 1. The molecule has 0 saturated carbocycles. The molecular formula is C9H11NO. The van der Waals surface area contributed by atoms with Crippen LogP contribution in [-0.2, 0) is 0 Å². The molecule has 1 aromatic heterocycles. The Morgan fingerprint density at radius 3 is 3.09 bits per heavy atom. The van der Waals surface area contributed by atoms with Crippen LogP contribution in [0, 0.1) is 11.8 Å². The van der Waals surface area contributed by atoms with Gasteiger partial charge in [-0.05, 0) is 19.0 Å². The fourth-order valence-corrected chi connectivity index (χ4v) is 0.691. The maximum absolute atomic E-state index is 5.30. The van der Waals surface area contributed by atoms with Gasteiger partial charge in [0.2, 0.25) is 0 Å². The Balaban J connectivity index is 2.33. The molecule has 0 fully saturated rings. The van der Waals surface area contributed by atoms with Crippen molar-refractivity contribution < 1.29 is 4.42 Å². The lowest BCUT2D eigenvalue weighted by Gasteiger charge is -1.83. The van der Waals surface area contributed by atoms with E-state index in [0.29, 0.717) is 6.54 Å². The van der Waals surface area contributed by atoms with Gasteiger partial charge in [0.15, 0.2) is 0 Å². The van der Waals surface area contributed by atoms with Crippen LogP contribution in [0.1, 0.15) is 18.4 Å². The quantitative estimate of drug-likeness (QED) is 0.509. The summed E-state index contributed by atoms with van der Waals surface area (Å²) in [5, 5.41) is 0. The SMILES string of the molecule is NCCCC#Cc1ccoc1. The second-order valence-electron chi connectivity index (χ2n) is 2.21. The monoisotopic (exact) mass is 149 g/mol. The van der Waals surface area contributed by atoms with Gasteiger partial charge in [-0.1, -0.05) is 11.8 Å². The smallest absolute Gasteiger partial charge is 0.106 e. The lowest BCUT2D eigenvalue weighted by molar-refractivity contribution is 0.566. The van der Waals surface area contributed by atoms with E-state index in [2.05, 4.69) is 11.8 Å². The average Bonchev–Trinajstić information content (AvgIpc) is 2.50. The van der Waals surface area contributed by atoms with Gasteiger partial charge in [-0.2, -0.15) is 0 Å². The molecule has 0 radical (unpaired) electrons. The van der Waals surface area contributed by atoms with E-state index in [9.17, 15) is 0 Å². The largest absolute Gasteiger partial charge is 0.471 e. The van der Waals surface area contributed by atoms with Crippen molar-refractivity contribution in [2.45, 2.75) is 12.8 Å². The first-order valence-electron chi connectivity index (χ1n) is 3.64. The third-order valence-electron chi connectivity index (χ3n) is 1.26. The third kappa shape index (κ3) is 2.92. The van der Waals surface area contributed by atoms with E-state index in [1.165, 1.54) is 0 Å². The molecule has 2 heteroatoms. The topological polar surface area (TPSA) is 39.2 Å². The van der Waals surface area contributed by atoms with Crippen LogP contribution in [0.3, 0.4) is 0 Å². The molecule has 0 saturated heterocycles. The molecule has 0 aliphatic heterocycles. The Kier molecular flexibility index (Phi) is 3.30. The molecule has 0 atom stereocenters. The maximum Gasteiger partial charge on any atom is 0.106 e. The third-order valence-corrected chi connectivity index (χ3v) is 1.26. The normalized spacial score (nSPS) is 8.82. The Morgan fingerprint density at radius 1 is 1.55 bits per heavy atom. The van der Waals surface area contributed by atoms with Crippen LogP contribution in [0.4, 0.5) is 0 Å². The highest BCUT2D eigenvalue weighted by Gasteiger charge is 1.83. The first kappa shape index (κ1) is 7.90. The van der Waals surface area contributed by atoms with Crippen molar-refractivity contribution in [2.24, 2.45) is 5.73 Å². The summed E-state index contributed by atoms with van der Waals surface area (Å²) < 4.78 is 4.84. The zero-order chi connectivity index (χ0) is 7.94. The summed E-state index contributed by atoms with van der Waals surface area (Å²) in [7, 11) is 0. The molecule has 2 N–H and O–H groups in total. The van der Waals surface area contributed by atoms with Gasteiger partial charge in [0.05, 0.1) is 11.8 Å². The van der Waals surface area contributed by atoms with Crippen LogP contribution in [0.2, 0.25) is 0 Å². The van der Waals surface area contributed by atoms with E-state index < -0.39 is 0 Å². The Hall–Kier alpha value is -1.20. The van der Waals surface area contributed by atoms with Gasteiger partial charge in [-0.15, -0.1) is 0 Å². The standard InChI is InChI=1S/C9H11NO/c10-6-3-1-2-4-9-5-7-11-8-9/h5,7-8H,1,3,6,10H2. The van der Waals surface area contributed by atoms with Crippen molar-refractivity contribution in [1.29, 1.82) is 0 Å². The predicted molar refractivity (Wildman–Crippen MR) is 43.9 cm³/mol. The summed E-state index contributed by atoms with van der Waals surface area (Å²) in [6, 6.07) is 1.84. The van der Waals surface area contributed by atoms with E-state index in [1.54, 1.807) is 12.5 Å². The van der Waals surface area contributed by atoms with Crippen LogP contribution >= 0.6 is 0 Å². The van der Waals surface area contributed by atoms with E-state index >= 15 is 0 Å². The summed E-state index contributed by atoms with van der Waals surface area (Å²) in [5.41, 5.74) is 6.23. The van der Waals surface area contributed by atoms with Crippen molar-refractivity contribution in [1.82, 2.24) is 0 Å². The molecule has 0 spiro atoms. The van der Waals surface area contributed by atoms with Crippen molar-refractivity contribution >= 4 is 0 Å². The molecular weight excluding hydrogens is 138 g/mol. The van der Waals surface area contributed by atoms with E-state index in [-0.39, 0.29) is 0 Å². The van der Waals surface area contributed by atoms with Gasteiger partial charge in [-0.3, -0.25) is 0 Å². The molecule has 1 aromatic rings. The maximum atomic E-state index is 5.30. The summed E-state index contributed by atoms with van der Waals surface area (Å²) in [6.45, 7) is 0.708. The predicted octanol–water partition coefficient (Wildman–Crippen LogP) is 1.37. The molecule has 0 bridgehead atoms. The highest BCUT2D eigenvalue weighted by molar-refractivity contribution is 5.29. The molecule has 58 valence electrons. The van der Waals surface area contributed by atoms with Crippen molar-refractivity contribution in [2.75, 3.05) is 6.54 Å². The zero-order valence-electron chi connectivity index (χ0n) is 6.34. The van der Waals surface area contributed by atoms with Crippen LogP contribution in [0.15, 0.2) is 23.0 Å². The number of nitrogens with two attached hydrogens (primary N) is 1. The van der Waals surface area contributed by atoms with Crippen molar-refractivity contribution in [3.63, 3.8) is 0 Å². The minimum absolute atomic E-state index is 0.708. The molecule has 1 rings (SSSR count). The Morgan fingerprint density at radius 2 is 2.45 bits per heavy atom. The van der Waals surface area contributed by atoms with Crippen LogP contribution in [0.5, 0.6) is 0 Å². The molecule has 1 heterocycles. The zero-order valence-corrected chi connectivity index (χ0v) is 6.34. The van der Waals surface area contributed by atoms with Crippen LogP contribution in [-0.4, -0.2) is 6.54 Å². The number of hydrogen-bond donors (Lipinski definition) is 1. The lowest BCUT2D eigenvalue weighted by Crippen LogP contribution is -1.96. The molecule has 0 aliphatic carbocycles. The minimum atomic E-state index is 0.708. The van der Waals surface area contributed by atoms with Crippen molar-refractivity contribution in [3.05, 3.63) is 24.2 Å². The van der Waals surface area contributed by atoms with Crippen LogP contribution < -0.4 is 5.73 Å². The summed E-state index contributed by atoms with van der Waals surface area (Å²) in [4.78, 5) is 0. The fraction of sp³-hybridized carbons (Fsp3) is 0.333. The minimum Gasteiger partial charge on any atom is -0.471 e. The number of rotatable bonds is 2. The summed E-state index contributed by atoms with van der Waals surface area (Å²) >= 11 is 0. The first-order chi connectivity index (χ1) is 5.43. The van der Waals surface area contributed by atoms with Gasteiger partial charge in [0, 0.05) is 6.42 Å². The van der Waals surface area contributed by atoms with Crippen molar-refractivity contribution in [3.8, 4) is 11.8 Å². The first-order valence-corrected chi connectivity index (χ1v) is 3.64. The van der Waals surface area contributed by atoms with Gasteiger partial charge in [-0.25, -0.2) is 0 Å². The van der Waals surface area contributed by atoms with Gasteiger partial charge < -0.3 is 10.2 Å². The van der Waals surface area contributed by atoms with E-state index in [1.807, 2.05) is 6.07 Å². The molecule has 11 heavy (non-hydrogen) atoms. The second-order valence-corrected chi connectivity index (χ2v) is 2.21. The molecule has 0 unspecified atom stereocenters. The molecule has 0 aliphatic rings.